The van der Waals surface area contributed by atoms with Gasteiger partial charge in [0.1, 0.15) is 0 Å². The van der Waals surface area contributed by atoms with Crippen molar-refractivity contribution in [3.8, 4) is 0 Å². The third-order valence-corrected chi connectivity index (χ3v) is 10.0. The molecule has 1 unspecified atom stereocenters. The number of carbonyl (C=O) groups is 3. The molecule has 0 saturated carbocycles. The van der Waals surface area contributed by atoms with E-state index >= 15 is 0 Å². The van der Waals surface area contributed by atoms with Gasteiger partial charge in [-0.2, -0.15) is 0 Å². The molecule has 1 heterocycles. The molecule has 2 N–H and O–H groups in total. The summed E-state index contributed by atoms with van der Waals surface area (Å²) < 4.78 is 56.9. The molecule has 0 bridgehead atoms. The maximum atomic E-state index is 13.5. The van der Waals surface area contributed by atoms with Crippen LogP contribution in [0.3, 0.4) is 0 Å². The number of rotatable bonds is 12. The van der Waals surface area contributed by atoms with E-state index < -0.39 is 67.5 Å². The number of morpholine rings is 1. The van der Waals surface area contributed by atoms with Crippen molar-refractivity contribution in [2.75, 3.05) is 39.4 Å². The van der Waals surface area contributed by atoms with E-state index in [1.807, 2.05) is 0 Å². The Bertz CT molecular complexity index is 1340. The summed E-state index contributed by atoms with van der Waals surface area (Å²) in [6.07, 6.45) is -0.622. The third kappa shape index (κ3) is 7.47. The number of nitrogens with one attached hydrogen (secondary N) is 2. The summed E-state index contributed by atoms with van der Waals surface area (Å²) in [6, 6.07) is 15.7. The van der Waals surface area contributed by atoms with Crippen LogP contribution in [0.1, 0.15) is 18.9 Å². The topological polar surface area (TPSA) is 156 Å². The Morgan fingerprint density at radius 1 is 0.895 bits per heavy atom. The highest BCUT2D eigenvalue weighted by Crippen LogP contribution is 2.27. The van der Waals surface area contributed by atoms with Crippen LogP contribution in [0.25, 0.3) is 0 Å². The molecule has 2 aromatic rings. The number of nitrogens with zero attached hydrogens (tertiary/aromatic N) is 1. The van der Waals surface area contributed by atoms with Gasteiger partial charge in [0.05, 0.1) is 43.4 Å². The number of hydrogen-bond acceptors (Lipinski definition) is 8. The van der Waals surface area contributed by atoms with Gasteiger partial charge in [0.2, 0.25) is 21.8 Å². The maximum absolute atomic E-state index is 13.5. The molecule has 0 radical (unpaired) electrons. The number of sulfone groups is 1. The molecule has 2 aromatic carbocycles. The zero-order valence-electron chi connectivity index (χ0n) is 21.0. The number of ether oxygens (including phenoxy) is 1. The first kappa shape index (κ1) is 29.4. The van der Waals surface area contributed by atoms with Crippen LogP contribution in [-0.2, 0) is 44.7 Å². The number of carbonyl (C=O) groups excluding carboxylic acids is 3. The van der Waals surface area contributed by atoms with Crippen molar-refractivity contribution >= 4 is 37.5 Å². The van der Waals surface area contributed by atoms with E-state index in [-0.39, 0.29) is 18.0 Å². The standard InChI is InChI=1S/C25H31N3O8S2/c1-25(16-23(30)28-12-14-36-15-13-28,37(32,33)19-20-8-4-2-5-9-20)24(31)26-17-21(29)18-27-38(34,35)22-10-6-3-7-11-22/h2-11,27H,12-19H2,1H3,(H,26,31). The van der Waals surface area contributed by atoms with Crippen LogP contribution in [-0.4, -0.2) is 83.5 Å². The van der Waals surface area contributed by atoms with Gasteiger partial charge in [-0.1, -0.05) is 48.5 Å². The normalized spacial score (nSPS) is 15.9. The molecule has 0 aromatic heterocycles. The van der Waals surface area contributed by atoms with Gasteiger partial charge in [-0.15, -0.1) is 0 Å². The summed E-state index contributed by atoms with van der Waals surface area (Å²) in [5.74, 6) is -2.72. The fourth-order valence-corrected chi connectivity index (χ4v) is 6.47. The molecule has 1 fully saturated rings. The minimum Gasteiger partial charge on any atom is -0.378 e. The zero-order chi connectivity index (χ0) is 27.8. The Labute approximate surface area is 222 Å². The number of amides is 2. The molecular weight excluding hydrogens is 534 g/mol. The molecule has 0 aliphatic carbocycles. The second kappa shape index (κ2) is 12.6. The molecule has 3 rings (SSSR count). The summed E-state index contributed by atoms with van der Waals surface area (Å²) in [5, 5.41) is 2.30. The smallest absolute Gasteiger partial charge is 0.242 e. The Morgan fingerprint density at radius 2 is 1.47 bits per heavy atom. The van der Waals surface area contributed by atoms with E-state index in [2.05, 4.69) is 10.0 Å². The van der Waals surface area contributed by atoms with Crippen molar-refractivity contribution in [1.82, 2.24) is 14.9 Å². The molecule has 1 saturated heterocycles. The van der Waals surface area contributed by atoms with Gasteiger partial charge in [0, 0.05) is 13.1 Å². The Hall–Kier alpha value is -3.13. The van der Waals surface area contributed by atoms with Crippen molar-refractivity contribution < 1.29 is 36.0 Å². The summed E-state index contributed by atoms with van der Waals surface area (Å²) in [7, 11) is -8.19. The van der Waals surface area contributed by atoms with Gasteiger partial charge in [0.25, 0.3) is 0 Å². The van der Waals surface area contributed by atoms with Crippen LogP contribution in [0.15, 0.2) is 65.6 Å². The highest BCUT2D eigenvalue weighted by Gasteiger charge is 2.48. The minimum atomic E-state index is -4.24. The maximum Gasteiger partial charge on any atom is 0.242 e. The average Bonchev–Trinajstić information content (AvgIpc) is 2.91. The molecule has 1 aliphatic heterocycles. The molecule has 2 amide bonds. The van der Waals surface area contributed by atoms with Gasteiger partial charge < -0.3 is 15.0 Å². The minimum absolute atomic E-state index is 0.0296. The molecular formula is C25H31N3O8S2. The Balaban J connectivity index is 1.72. The lowest BCUT2D eigenvalue weighted by molar-refractivity contribution is -0.138. The first-order valence-corrected chi connectivity index (χ1v) is 15.0. The number of sulfonamides is 1. The van der Waals surface area contributed by atoms with E-state index in [1.165, 1.54) is 36.1 Å². The van der Waals surface area contributed by atoms with Crippen LogP contribution in [0, 0.1) is 0 Å². The largest absolute Gasteiger partial charge is 0.378 e. The number of benzene rings is 2. The predicted molar refractivity (Wildman–Crippen MR) is 139 cm³/mol. The monoisotopic (exact) mass is 565 g/mol. The second-order valence-electron chi connectivity index (χ2n) is 9.00. The van der Waals surface area contributed by atoms with Crippen LogP contribution in [0.5, 0.6) is 0 Å². The quantitative estimate of drug-likeness (QED) is 0.372. The van der Waals surface area contributed by atoms with Crippen molar-refractivity contribution in [2.24, 2.45) is 0 Å². The van der Waals surface area contributed by atoms with Gasteiger partial charge in [0.15, 0.2) is 20.4 Å². The van der Waals surface area contributed by atoms with Crippen molar-refractivity contribution in [3.05, 3.63) is 66.2 Å². The highest BCUT2D eigenvalue weighted by atomic mass is 32.2. The molecule has 1 aliphatic rings. The van der Waals surface area contributed by atoms with Crippen molar-refractivity contribution in [2.45, 2.75) is 28.7 Å². The predicted octanol–water partition coefficient (Wildman–Crippen LogP) is 0.273. The lowest BCUT2D eigenvalue weighted by atomic mass is 10.0. The molecule has 1 atom stereocenters. The third-order valence-electron chi connectivity index (χ3n) is 6.18. The Kier molecular flexibility index (Phi) is 9.77. The van der Waals surface area contributed by atoms with E-state index in [9.17, 15) is 31.2 Å². The first-order valence-electron chi connectivity index (χ1n) is 11.9. The summed E-state index contributed by atoms with van der Waals surface area (Å²) >= 11 is 0. The fraction of sp³-hybridized carbons (Fsp3) is 0.400. The molecule has 13 heteroatoms. The van der Waals surface area contributed by atoms with Gasteiger partial charge in [-0.05, 0) is 24.6 Å². The van der Waals surface area contributed by atoms with Crippen LogP contribution < -0.4 is 10.0 Å². The van der Waals surface area contributed by atoms with Crippen LogP contribution >= 0.6 is 0 Å². The van der Waals surface area contributed by atoms with Gasteiger partial charge in [-0.3, -0.25) is 14.4 Å². The van der Waals surface area contributed by atoms with Crippen molar-refractivity contribution in [3.63, 3.8) is 0 Å². The zero-order valence-corrected chi connectivity index (χ0v) is 22.6. The summed E-state index contributed by atoms with van der Waals surface area (Å²) in [5.41, 5.74) is 0.441. The SMILES string of the molecule is CC(CC(=O)N1CCOCC1)(C(=O)NCC(=O)CNS(=O)(=O)c1ccccc1)S(=O)(=O)Cc1ccccc1. The highest BCUT2D eigenvalue weighted by molar-refractivity contribution is 7.92. The molecule has 11 nitrogen and oxygen atoms in total. The summed E-state index contributed by atoms with van der Waals surface area (Å²) in [4.78, 5) is 40.0. The number of ketones is 1. The van der Waals surface area contributed by atoms with Crippen LogP contribution in [0.2, 0.25) is 0 Å². The molecule has 38 heavy (non-hydrogen) atoms. The molecule has 0 spiro atoms. The van der Waals surface area contributed by atoms with E-state index in [0.717, 1.165) is 0 Å². The van der Waals surface area contributed by atoms with Gasteiger partial charge >= 0.3 is 0 Å². The second-order valence-corrected chi connectivity index (χ2v) is 13.2. The fourth-order valence-electron chi connectivity index (χ4n) is 3.78. The first-order chi connectivity index (χ1) is 17.9. The van der Waals surface area contributed by atoms with Crippen LogP contribution in [0.4, 0.5) is 0 Å². The number of Topliss-reactive ketones (excluding diaryl/α,β-unsaturated/α-hetero) is 1. The van der Waals surface area contributed by atoms with E-state index in [4.69, 9.17) is 4.74 Å². The average molecular weight is 566 g/mol. The van der Waals surface area contributed by atoms with E-state index in [0.29, 0.717) is 18.8 Å². The molecule has 206 valence electrons. The van der Waals surface area contributed by atoms with Crippen molar-refractivity contribution in [1.29, 1.82) is 0 Å². The lowest BCUT2D eigenvalue weighted by Gasteiger charge is -2.32. The van der Waals surface area contributed by atoms with E-state index in [1.54, 1.807) is 36.4 Å². The lowest BCUT2D eigenvalue weighted by Crippen LogP contribution is -2.55. The number of hydrogen-bond donors (Lipinski definition) is 2. The summed E-state index contributed by atoms with van der Waals surface area (Å²) in [6.45, 7) is 1.08. The van der Waals surface area contributed by atoms with Gasteiger partial charge in [-0.25, -0.2) is 21.6 Å². The Morgan fingerprint density at radius 3 is 2.08 bits per heavy atom.